The second kappa shape index (κ2) is 9.05. The van der Waals surface area contributed by atoms with Crippen LogP contribution in [0.1, 0.15) is 31.7 Å². The largest absolute Gasteiger partial charge is 0.484 e. The molecule has 1 unspecified atom stereocenters. The Labute approximate surface area is 220 Å². The van der Waals surface area contributed by atoms with Crippen molar-refractivity contribution >= 4 is 32.9 Å². The third kappa shape index (κ3) is 4.85. The average Bonchev–Trinajstić information content (AvgIpc) is 3.27. The monoisotopic (exact) mass is 567 g/mol. The molecule has 0 amide bonds. The van der Waals surface area contributed by atoms with E-state index in [9.17, 15) is 26.4 Å². The van der Waals surface area contributed by atoms with Crippen molar-refractivity contribution in [2.24, 2.45) is 0 Å². The molecule has 0 bridgehead atoms. The number of H-pyrrole nitrogens is 1. The number of alkyl halides is 3. The van der Waals surface area contributed by atoms with Crippen molar-refractivity contribution < 1.29 is 30.8 Å². The smallest absolute Gasteiger partial charge is 0.439 e. The van der Waals surface area contributed by atoms with Crippen LogP contribution in [0.2, 0.25) is 0 Å². The molecule has 200 valence electrons. The van der Waals surface area contributed by atoms with Gasteiger partial charge in [0, 0.05) is 10.6 Å². The van der Waals surface area contributed by atoms with Crippen molar-refractivity contribution in [3.63, 3.8) is 0 Å². The summed E-state index contributed by atoms with van der Waals surface area (Å²) in [5.41, 5.74) is 0.0885. The van der Waals surface area contributed by atoms with Crippen LogP contribution in [0.15, 0.2) is 69.0 Å². The van der Waals surface area contributed by atoms with Gasteiger partial charge in [0.15, 0.2) is 5.82 Å². The second-order valence-corrected chi connectivity index (χ2v) is 12.0. The third-order valence-corrected chi connectivity index (χ3v) is 8.58. The van der Waals surface area contributed by atoms with E-state index in [0.717, 1.165) is 12.1 Å². The molecule has 0 radical (unpaired) electrons. The maximum Gasteiger partial charge on any atom is 0.439 e. The SMILES string of the molecule is CC1(C)CN(S(=O)(=O)C2C=C(Cl)C(c3noc(=O)[nH]3)=CC2)c2ccc(-c3ccc(C(F)(F)F)cc3)cc2O1. The summed E-state index contributed by atoms with van der Waals surface area (Å²) in [4.78, 5) is 13.7. The van der Waals surface area contributed by atoms with Gasteiger partial charge in [-0.25, -0.2) is 13.2 Å². The van der Waals surface area contributed by atoms with Crippen LogP contribution in [0.3, 0.4) is 0 Å². The Morgan fingerprint density at radius 3 is 2.42 bits per heavy atom. The maximum atomic E-state index is 13.8. The van der Waals surface area contributed by atoms with Gasteiger partial charge in [-0.05, 0) is 61.7 Å². The number of anilines is 1. The highest BCUT2D eigenvalue weighted by atomic mass is 35.5. The van der Waals surface area contributed by atoms with E-state index >= 15 is 0 Å². The van der Waals surface area contributed by atoms with E-state index < -0.39 is 38.4 Å². The summed E-state index contributed by atoms with van der Waals surface area (Å²) >= 11 is 6.36. The van der Waals surface area contributed by atoms with E-state index in [2.05, 4.69) is 14.7 Å². The van der Waals surface area contributed by atoms with E-state index in [1.165, 1.54) is 22.5 Å². The molecule has 1 N–H and O–H groups in total. The fourth-order valence-electron chi connectivity index (χ4n) is 4.40. The third-order valence-electron chi connectivity index (χ3n) is 6.21. The van der Waals surface area contributed by atoms with Crippen LogP contribution in [-0.4, -0.2) is 36.0 Å². The highest BCUT2D eigenvalue weighted by Crippen LogP contribution is 2.43. The van der Waals surface area contributed by atoms with Crippen molar-refractivity contribution in [1.29, 1.82) is 0 Å². The number of hydrogen-bond acceptors (Lipinski definition) is 6. The summed E-state index contributed by atoms with van der Waals surface area (Å²) in [5, 5.41) is 2.69. The summed E-state index contributed by atoms with van der Waals surface area (Å²) in [6.07, 6.45) is -1.43. The summed E-state index contributed by atoms with van der Waals surface area (Å²) in [7, 11) is -4.00. The quantitative estimate of drug-likeness (QED) is 0.456. The first-order chi connectivity index (χ1) is 17.7. The zero-order valence-electron chi connectivity index (χ0n) is 20.0. The minimum absolute atomic E-state index is 0.0249. The topological polar surface area (TPSA) is 106 Å². The highest BCUT2D eigenvalue weighted by Gasteiger charge is 2.41. The summed E-state index contributed by atoms with van der Waals surface area (Å²) in [5.74, 6) is -0.381. The van der Waals surface area contributed by atoms with Gasteiger partial charge >= 0.3 is 11.9 Å². The van der Waals surface area contributed by atoms with Gasteiger partial charge < -0.3 is 4.74 Å². The molecule has 0 saturated heterocycles. The normalized spacial score (nSPS) is 19.3. The predicted octanol–water partition coefficient (Wildman–Crippen LogP) is 5.33. The van der Waals surface area contributed by atoms with E-state index in [-0.39, 0.29) is 29.6 Å². The number of aromatic amines is 1. The lowest BCUT2D eigenvalue weighted by atomic mass is 10.0. The van der Waals surface area contributed by atoms with Gasteiger partial charge in [-0.1, -0.05) is 41.0 Å². The Kier molecular flexibility index (Phi) is 6.22. The lowest BCUT2D eigenvalue weighted by Gasteiger charge is -2.41. The van der Waals surface area contributed by atoms with Gasteiger partial charge in [-0.3, -0.25) is 13.8 Å². The molecule has 0 fully saturated rings. The number of aromatic nitrogens is 2. The number of ether oxygens (including phenoxy) is 1. The zero-order chi connectivity index (χ0) is 27.5. The lowest BCUT2D eigenvalue weighted by molar-refractivity contribution is -0.137. The molecule has 2 aromatic carbocycles. The fraction of sp³-hybridized carbons (Fsp3) is 0.280. The number of nitrogens with zero attached hydrogens (tertiary/aromatic N) is 2. The van der Waals surface area contributed by atoms with Gasteiger partial charge in [0.2, 0.25) is 10.0 Å². The molecule has 0 saturated carbocycles. The number of rotatable bonds is 4. The van der Waals surface area contributed by atoms with Gasteiger partial charge in [-0.15, -0.1) is 0 Å². The Balaban J connectivity index is 1.47. The van der Waals surface area contributed by atoms with Crippen molar-refractivity contribution in [2.45, 2.75) is 37.3 Å². The van der Waals surface area contributed by atoms with Gasteiger partial charge in [0.05, 0.1) is 17.8 Å². The number of benzene rings is 2. The molecular formula is C25H21ClF3N3O5S. The molecule has 1 aliphatic heterocycles. The number of nitrogens with one attached hydrogen (secondary N) is 1. The molecule has 13 heteroatoms. The van der Waals surface area contributed by atoms with Gasteiger partial charge in [-0.2, -0.15) is 13.2 Å². The molecule has 38 heavy (non-hydrogen) atoms. The lowest BCUT2D eigenvalue weighted by Crippen LogP contribution is -2.51. The Bertz CT molecular complexity index is 1620. The summed E-state index contributed by atoms with van der Waals surface area (Å²) in [6.45, 7) is 3.51. The first-order valence-electron chi connectivity index (χ1n) is 11.4. The number of fused-ring (bicyclic) bond motifs is 1. The predicted molar refractivity (Wildman–Crippen MR) is 135 cm³/mol. The molecule has 2 aliphatic rings. The van der Waals surface area contributed by atoms with Crippen molar-refractivity contribution in [2.75, 3.05) is 10.8 Å². The second-order valence-electron chi connectivity index (χ2n) is 9.52. The molecule has 3 aromatic rings. The number of sulfonamides is 1. The Morgan fingerprint density at radius 2 is 1.82 bits per heavy atom. The van der Waals surface area contributed by atoms with Crippen LogP contribution < -0.4 is 14.8 Å². The standard InChI is InChI=1S/C25H21ClF3N3O5S/c1-24(2)13-32(38(34,35)17-8-9-18(19(26)12-17)22-30-23(33)37-31-22)20-10-5-15(11-21(20)36-24)14-3-6-16(7-4-14)25(27,28)29/h3-7,9-12,17H,8,13H2,1-2H3,(H,30,31,33). The molecule has 2 heterocycles. The summed E-state index contributed by atoms with van der Waals surface area (Å²) in [6, 6.07) is 9.52. The maximum absolute atomic E-state index is 13.8. The van der Waals surface area contributed by atoms with E-state index in [1.54, 1.807) is 38.1 Å². The van der Waals surface area contributed by atoms with Crippen molar-refractivity contribution in [3.05, 3.63) is 81.6 Å². The van der Waals surface area contributed by atoms with Gasteiger partial charge in [0.1, 0.15) is 16.6 Å². The van der Waals surface area contributed by atoms with E-state index in [0.29, 0.717) is 22.4 Å². The van der Waals surface area contributed by atoms with Crippen molar-refractivity contribution in [1.82, 2.24) is 10.1 Å². The molecule has 0 spiro atoms. The van der Waals surface area contributed by atoms with E-state index in [4.69, 9.17) is 16.3 Å². The van der Waals surface area contributed by atoms with Crippen LogP contribution >= 0.6 is 11.6 Å². The molecular weight excluding hydrogens is 547 g/mol. The molecule has 1 atom stereocenters. The van der Waals surface area contributed by atoms with Crippen LogP contribution in [-0.2, 0) is 16.2 Å². The van der Waals surface area contributed by atoms with Crippen LogP contribution in [0.4, 0.5) is 18.9 Å². The summed E-state index contributed by atoms with van der Waals surface area (Å²) < 4.78 is 78.3. The fourth-order valence-corrected chi connectivity index (χ4v) is 6.68. The zero-order valence-corrected chi connectivity index (χ0v) is 21.6. The Morgan fingerprint density at radius 1 is 1.13 bits per heavy atom. The first-order valence-corrected chi connectivity index (χ1v) is 13.3. The minimum Gasteiger partial charge on any atom is -0.484 e. The highest BCUT2D eigenvalue weighted by molar-refractivity contribution is 7.93. The minimum atomic E-state index is -4.45. The number of allylic oxidation sites excluding steroid dienone is 3. The molecule has 8 nitrogen and oxygen atoms in total. The van der Waals surface area contributed by atoms with Crippen LogP contribution in [0, 0.1) is 0 Å². The van der Waals surface area contributed by atoms with Crippen LogP contribution in [0.25, 0.3) is 16.7 Å². The van der Waals surface area contributed by atoms with Crippen molar-refractivity contribution in [3.8, 4) is 16.9 Å². The average molecular weight is 568 g/mol. The molecule has 1 aromatic heterocycles. The van der Waals surface area contributed by atoms with E-state index in [1.807, 2.05) is 0 Å². The first kappa shape index (κ1) is 26.1. The van der Waals surface area contributed by atoms with Gasteiger partial charge in [0.25, 0.3) is 0 Å². The van der Waals surface area contributed by atoms with Crippen LogP contribution in [0.5, 0.6) is 5.75 Å². The number of halogens is 4. The number of hydrogen-bond donors (Lipinski definition) is 1. The molecule has 5 rings (SSSR count). The Hall–Kier alpha value is -3.51. The molecule has 1 aliphatic carbocycles.